The maximum Gasteiger partial charge on any atom is 0.251 e. The fourth-order valence-electron chi connectivity index (χ4n) is 1.75. The molecule has 2 rings (SSSR count). The van der Waals surface area contributed by atoms with Crippen LogP contribution in [0.15, 0.2) is 30.4 Å². The van der Waals surface area contributed by atoms with Gasteiger partial charge in [-0.1, -0.05) is 23.8 Å². The van der Waals surface area contributed by atoms with Gasteiger partial charge in [-0.25, -0.2) is 0 Å². The van der Waals surface area contributed by atoms with Crippen LogP contribution in [0.25, 0.3) is 0 Å². The van der Waals surface area contributed by atoms with Crippen molar-refractivity contribution in [2.45, 2.75) is 18.9 Å². The molecule has 0 spiro atoms. The van der Waals surface area contributed by atoms with Crippen LogP contribution in [0.5, 0.6) is 0 Å². The minimum Gasteiger partial charge on any atom is -0.399 e. The Morgan fingerprint density at radius 1 is 1.31 bits per heavy atom. The summed E-state index contributed by atoms with van der Waals surface area (Å²) >= 11 is 5.84. The Kier molecular flexibility index (Phi) is 3.15. The van der Waals surface area contributed by atoms with Gasteiger partial charge in [0.05, 0.1) is 0 Å². The van der Waals surface area contributed by atoms with Crippen molar-refractivity contribution >= 4 is 23.2 Å². The number of hydrogen-bond donors (Lipinski definition) is 2. The van der Waals surface area contributed by atoms with E-state index in [1.165, 1.54) is 0 Å². The third-order valence-corrected chi connectivity index (χ3v) is 2.74. The van der Waals surface area contributed by atoms with Crippen molar-refractivity contribution in [2.24, 2.45) is 0 Å². The molecule has 1 aromatic carbocycles. The molecule has 3 N–H and O–H groups in total. The summed E-state index contributed by atoms with van der Waals surface area (Å²) in [5.74, 6) is -0.122. The fourth-order valence-corrected chi connectivity index (χ4v) is 1.99. The summed E-state index contributed by atoms with van der Waals surface area (Å²) in [6.07, 6.45) is 5.91. The minimum absolute atomic E-state index is 0.122. The third-order valence-electron chi connectivity index (χ3n) is 2.53. The monoisotopic (exact) mass is 236 g/mol. The molecular formula is C12H13ClN2O. The Morgan fingerprint density at radius 2 is 2.00 bits per heavy atom. The lowest BCUT2D eigenvalue weighted by Crippen LogP contribution is -2.32. The third kappa shape index (κ3) is 2.55. The van der Waals surface area contributed by atoms with Crippen molar-refractivity contribution in [1.82, 2.24) is 5.32 Å². The molecule has 0 unspecified atom stereocenters. The Hall–Kier alpha value is -1.48. The number of anilines is 1. The molecule has 84 valence electrons. The summed E-state index contributed by atoms with van der Waals surface area (Å²) < 4.78 is 0. The smallest absolute Gasteiger partial charge is 0.251 e. The van der Waals surface area contributed by atoms with Crippen LogP contribution in [0, 0.1) is 0 Å². The average molecular weight is 237 g/mol. The van der Waals surface area contributed by atoms with Gasteiger partial charge in [0.2, 0.25) is 0 Å². The van der Waals surface area contributed by atoms with Crippen LogP contribution in [0.1, 0.15) is 23.2 Å². The van der Waals surface area contributed by atoms with E-state index in [1.807, 2.05) is 0 Å². The minimum atomic E-state index is -0.122. The molecule has 1 amide bonds. The molecule has 0 saturated heterocycles. The van der Waals surface area contributed by atoms with Crippen LogP contribution in [0.4, 0.5) is 5.69 Å². The first kappa shape index (κ1) is 11.0. The van der Waals surface area contributed by atoms with Gasteiger partial charge < -0.3 is 11.1 Å². The molecule has 0 atom stereocenters. The standard InChI is InChI=1S/C12H13ClN2O/c13-9-5-8(6-10(14)7-9)12(16)15-11-3-1-2-4-11/h1-2,5-7,11H,3-4,14H2,(H,15,16). The molecule has 1 aromatic rings. The summed E-state index contributed by atoms with van der Waals surface area (Å²) in [7, 11) is 0. The van der Waals surface area contributed by atoms with E-state index in [-0.39, 0.29) is 11.9 Å². The lowest BCUT2D eigenvalue weighted by molar-refractivity contribution is 0.0939. The SMILES string of the molecule is Nc1cc(Cl)cc(C(=O)NC2CC=CC2)c1. The first-order valence-corrected chi connectivity index (χ1v) is 5.55. The van der Waals surface area contributed by atoms with E-state index in [2.05, 4.69) is 17.5 Å². The van der Waals surface area contributed by atoms with Crippen molar-refractivity contribution in [2.75, 3.05) is 5.73 Å². The number of rotatable bonds is 2. The van der Waals surface area contributed by atoms with Gasteiger partial charge in [0.25, 0.3) is 5.91 Å². The molecule has 16 heavy (non-hydrogen) atoms. The van der Waals surface area contributed by atoms with Crippen LogP contribution in [0.2, 0.25) is 5.02 Å². The molecule has 1 aliphatic rings. The summed E-state index contributed by atoms with van der Waals surface area (Å²) in [6, 6.07) is 5.07. The normalized spacial score (nSPS) is 15.3. The molecule has 0 radical (unpaired) electrons. The maximum atomic E-state index is 11.9. The second-order valence-electron chi connectivity index (χ2n) is 3.89. The van der Waals surface area contributed by atoms with Gasteiger partial charge in [-0.15, -0.1) is 0 Å². The van der Waals surface area contributed by atoms with E-state index in [0.717, 1.165) is 12.8 Å². The molecule has 0 aliphatic heterocycles. The predicted molar refractivity (Wildman–Crippen MR) is 65.5 cm³/mol. The number of nitrogen functional groups attached to an aromatic ring is 1. The van der Waals surface area contributed by atoms with E-state index >= 15 is 0 Å². The van der Waals surface area contributed by atoms with Crippen LogP contribution in [-0.4, -0.2) is 11.9 Å². The van der Waals surface area contributed by atoms with Crippen molar-refractivity contribution < 1.29 is 4.79 Å². The molecule has 4 heteroatoms. The van der Waals surface area contributed by atoms with E-state index < -0.39 is 0 Å². The molecular weight excluding hydrogens is 224 g/mol. The van der Waals surface area contributed by atoms with Crippen molar-refractivity contribution in [1.29, 1.82) is 0 Å². The summed E-state index contributed by atoms with van der Waals surface area (Å²) in [6.45, 7) is 0. The highest BCUT2D eigenvalue weighted by Gasteiger charge is 2.14. The zero-order valence-electron chi connectivity index (χ0n) is 8.74. The highest BCUT2D eigenvalue weighted by Crippen LogP contribution is 2.17. The highest BCUT2D eigenvalue weighted by atomic mass is 35.5. The van der Waals surface area contributed by atoms with E-state index in [4.69, 9.17) is 17.3 Å². The second-order valence-corrected chi connectivity index (χ2v) is 4.32. The van der Waals surface area contributed by atoms with Gasteiger partial charge in [0.15, 0.2) is 0 Å². The Bertz CT molecular complexity index is 414. The lowest BCUT2D eigenvalue weighted by atomic mass is 10.1. The molecule has 1 aliphatic carbocycles. The Morgan fingerprint density at radius 3 is 2.62 bits per heavy atom. The molecule has 0 bridgehead atoms. The summed E-state index contributed by atoms with van der Waals surface area (Å²) in [5, 5.41) is 3.42. The Labute approximate surface area is 99.3 Å². The first-order chi connectivity index (χ1) is 7.65. The zero-order valence-corrected chi connectivity index (χ0v) is 9.50. The number of hydrogen-bond acceptors (Lipinski definition) is 2. The van der Waals surface area contributed by atoms with Crippen LogP contribution in [0.3, 0.4) is 0 Å². The maximum absolute atomic E-state index is 11.9. The number of carbonyl (C=O) groups excluding carboxylic acids is 1. The molecule has 3 nitrogen and oxygen atoms in total. The van der Waals surface area contributed by atoms with Crippen LogP contribution < -0.4 is 11.1 Å². The molecule has 0 heterocycles. The van der Waals surface area contributed by atoms with Gasteiger partial charge in [0.1, 0.15) is 0 Å². The number of nitrogens with two attached hydrogens (primary N) is 1. The summed E-state index contributed by atoms with van der Waals surface area (Å²) in [4.78, 5) is 11.9. The first-order valence-electron chi connectivity index (χ1n) is 5.17. The number of carbonyl (C=O) groups is 1. The van der Waals surface area contributed by atoms with Gasteiger partial charge in [0, 0.05) is 22.3 Å². The molecule has 0 saturated carbocycles. The highest BCUT2D eigenvalue weighted by molar-refractivity contribution is 6.31. The van der Waals surface area contributed by atoms with Crippen LogP contribution in [-0.2, 0) is 0 Å². The number of benzene rings is 1. The van der Waals surface area contributed by atoms with Gasteiger partial charge in [-0.05, 0) is 31.0 Å². The van der Waals surface area contributed by atoms with Crippen LogP contribution >= 0.6 is 11.6 Å². The number of amides is 1. The number of nitrogens with one attached hydrogen (secondary N) is 1. The topological polar surface area (TPSA) is 55.1 Å². The fraction of sp³-hybridized carbons (Fsp3) is 0.250. The van der Waals surface area contributed by atoms with Crippen molar-refractivity contribution in [3.05, 3.63) is 40.9 Å². The quantitative estimate of drug-likeness (QED) is 0.612. The lowest BCUT2D eigenvalue weighted by Gasteiger charge is -2.12. The predicted octanol–water partition coefficient (Wildman–Crippen LogP) is 2.37. The molecule has 0 aromatic heterocycles. The van der Waals surface area contributed by atoms with Gasteiger partial charge in [-0.3, -0.25) is 4.79 Å². The average Bonchev–Trinajstić information content (AvgIpc) is 2.68. The van der Waals surface area contributed by atoms with Gasteiger partial charge >= 0.3 is 0 Å². The number of halogens is 1. The van der Waals surface area contributed by atoms with E-state index in [1.54, 1.807) is 18.2 Å². The van der Waals surface area contributed by atoms with Gasteiger partial charge in [-0.2, -0.15) is 0 Å². The van der Waals surface area contributed by atoms with E-state index in [0.29, 0.717) is 16.3 Å². The zero-order chi connectivity index (χ0) is 11.5. The largest absolute Gasteiger partial charge is 0.399 e. The molecule has 0 fully saturated rings. The van der Waals surface area contributed by atoms with Crippen molar-refractivity contribution in [3.8, 4) is 0 Å². The van der Waals surface area contributed by atoms with E-state index in [9.17, 15) is 4.79 Å². The summed E-state index contributed by atoms with van der Waals surface area (Å²) in [5.41, 5.74) is 6.64. The second kappa shape index (κ2) is 4.58. The Balaban J connectivity index is 2.08. The van der Waals surface area contributed by atoms with Crippen molar-refractivity contribution in [3.63, 3.8) is 0 Å².